The van der Waals surface area contributed by atoms with E-state index in [0.717, 1.165) is 0 Å². The van der Waals surface area contributed by atoms with Crippen molar-refractivity contribution in [1.82, 2.24) is 9.80 Å². The Labute approximate surface area is 389 Å². The second kappa shape index (κ2) is 27.1. The van der Waals surface area contributed by atoms with Crippen LogP contribution in [0.25, 0.3) is 0 Å². The first-order chi connectivity index (χ1) is 32.2. The van der Waals surface area contributed by atoms with Gasteiger partial charge in [-0.1, -0.05) is 24.0 Å². The summed E-state index contributed by atoms with van der Waals surface area (Å²) in [4.78, 5) is 51.6. The number of benzene rings is 4. The van der Waals surface area contributed by atoms with E-state index in [2.05, 4.69) is 11.8 Å². The average molecular weight is 945 g/mol. The zero-order valence-electron chi connectivity index (χ0n) is 37.5. The molecule has 0 spiro atoms. The summed E-state index contributed by atoms with van der Waals surface area (Å²) < 4.78 is 83.1. The van der Waals surface area contributed by atoms with Gasteiger partial charge in [0, 0.05) is 40.3 Å². The predicted octanol–water partition coefficient (Wildman–Crippen LogP) is 3.49. The van der Waals surface area contributed by atoms with Crippen LogP contribution in [-0.2, 0) is 48.0 Å². The van der Waals surface area contributed by atoms with E-state index >= 15 is 0 Å². The minimum absolute atomic E-state index is 0.0384. The van der Waals surface area contributed by atoms with Gasteiger partial charge in [0.15, 0.2) is 12.2 Å². The second-order valence-corrected chi connectivity index (χ2v) is 16.4. The van der Waals surface area contributed by atoms with Crippen LogP contribution in [0.2, 0.25) is 0 Å². The molecule has 2 amide bonds. The molecule has 2 atom stereocenters. The fraction of sp³-hybridized carbons (Fsp3) is 0.333. The van der Waals surface area contributed by atoms with Crippen LogP contribution in [0, 0.1) is 24.7 Å². The number of hydrogen-bond donors (Lipinski definition) is 0. The largest absolute Gasteiger partial charge is 0.490 e. The first kappa shape index (κ1) is 52.2. The number of rotatable bonds is 28. The number of hydrogen-bond acceptors (Lipinski definition) is 16. The van der Waals surface area contributed by atoms with Gasteiger partial charge >= 0.3 is 11.9 Å². The van der Waals surface area contributed by atoms with Crippen molar-refractivity contribution in [2.75, 3.05) is 94.3 Å². The van der Waals surface area contributed by atoms with E-state index in [1.165, 1.54) is 58.3 Å². The molecule has 0 aliphatic heterocycles. The summed E-state index contributed by atoms with van der Waals surface area (Å²) in [5.74, 6) is 4.81. The molecule has 0 heterocycles. The van der Waals surface area contributed by atoms with E-state index in [4.69, 9.17) is 60.2 Å². The van der Waals surface area contributed by atoms with E-state index in [9.17, 15) is 27.6 Å². The third-order valence-corrected chi connectivity index (χ3v) is 10.5. The van der Waals surface area contributed by atoms with Gasteiger partial charge in [0.1, 0.15) is 101 Å². The molecule has 67 heavy (non-hydrogen) atoms. The number of carbonyl (C=O) groups excluding carboxylic acids is 4. The summed E-state index contributed by atoms with van der Waals surface area (Å²) in [5.41, 5.74) is 0. The van der Waals surface area contributed by atoms with Crippen molar-refractivity contribution in [1.29, 1.82) is 0 Å². The van der Waals surface area contributed by atoms with Crippen molar-refractivity contribution in [3.05, 3.63) is 97.1 Å². The fourth-order valence-corrected chi connectivity index (χ4v) is 6.52. The van der Waals surface area contributed by atoms with Crippen LogP contribution in [0.3, 0.4) is 0 Å². The highest BCUT2D eigenvalue weighted by Crippen LogP contribution is 2.26. The number of nitrogens with zero attached hydrogens (tertiary/aromatic N) is 2. The molecule has 0 fully saturated rings. The molecule has 4 rings (SSSR count). The number of carbonyl (C=O) groups is 4. The zero-order chi connectivity index (χ0) is 48.6. The van der Waals surface area contributed by atoms with E-state index in [-0.39, 0.29) is 86.0 Å². The molecule has 356 valence electrons. The van der Waals surface area contributed by atoms with Crippen LogP contribution in [-0.4, -0.2) is 148 Å². The summed E-state index contributed by atoms with van der Waals surface area (Å²) in [7, 11) is 2.20. The first-order valence-electron chi connectivity index (χ1n) is 20.4. The third kappa shape index (κ3) is 18.5. The highest BCUT2D eigenvalue weighted by Gasteiger charge is 2.22. The van der Waals surface area contributed by atoms with Gasteiger partial charge in [-0.3, -0.25) is 9.59 Å². The molecule has 0 aliphatic rings. The van der Waals surface area contributed by atoms with E-state index in [1.807, 2.05) is 0 Å². The number of esters is 2. The van der Waals surface area contributed by atoms with Crippen molar-refractivity contribution in [2.45, 2.75) is 22.0 Å². The molecule has 2 unspecified atom stereocenters. The van der Waals surface area contributed by atoms with Gasteiger partial charge in [-0.2, -0.15) is 0 Å². The maximum atomic E-state index is 13.6. The van der Waals surface area contributed by atoms with Gasteiger partial charge in [-0.25, -0.2) is 18.0 Å². The van der Waals surface area contributed by atoms with Gasteiger partial charge in [-0.05, 0) is 72.8 Å². The maximum Gasteiger partial charge on any atom is 0.332 e. The summed E-state index contributed by atoms with van der Waals surface area (Å²) in [6, 6.07) is 24.6. The van der Waals surface area contributed by atoms with Crippen molar-refractivity contribution in [3.63, 3.8) is 0 Å². The van der Waals surface area contributed by atoms with Crippen molar-refractivity contribution in [3.8, 4) is 59.2 Å². The number of terminal acetylenes is 2. The fourth-order valence-electron chi connectivity index (χ4n) is 5.25. The molecule has 19 heteroatoms. The summed E-state index contributed by atoms with van der Waals surface area (Å²) in [5, 5.41) is 0. The Morgan fingerprint density at radius 1 is 0.493 bits per heavy atom. The van der Waals surface area contributed by atoms with E-state index in [0.29, 0.717) is 23.0 Å². The summed E-state index contributed by atoms with van der Waals surface area (Å²) >= 11 is 0. The van der Waals surface area contributed by atoms with Gasteiger partial charge in [0.05, 0.1) is 9.79 Å². The van der Waals surface area contributed by atoms with Gasteiger partial charge in [-0.15, -0.1) is 12.8 Å². The molecule has 0 bridgehead atoms. The number of likely N-dealkylation sites (N-methyl/N-ethyl adjacent to an activating group) is 2. The Hall–Kier alpha value is -7.45. The second-order valence-electron chi connectivity index (χ2n) is 14.4. The van der Waals surface area contributed by atoms with Crippen LogP contribution in [0.4, 0.5) is 0 Å². The predicted molar refractivity (Wildman–Crippen MR) is 241 cm³/mol. The van der Waals surface area contributed by atoms with Crippen LogP contribution >= 0.6 is 0 Å². The third-order valence-electron chi connectivity index (χ3n) is 8.75. The molecule has 0 radical (unpaired) electrons. The van der Waals surface area contributed by atoms with Crippen molar-refractivity contribution in [2.24, 2.45) is 0 Å². The smallest absolute Gasteiger partial charge is 0.332 e. The van der Waals surface area contributed by atoms with Crippen LogP contribution < -0.4 is 28.4 Å². The number of amides is 2. The topological polar surface area (TPSA) is 201 Å². The maximum absolute atomic E-state index is 13.6. The zero-order valence-corrected chi connectivity index (χ0v) is 38.3. The van der Waals surface area contributed by atoms with Crippen LogP contribution in [0.15, 0.2) is 107 Å². The summed E-state index contributed by atoms with van der Waals surface area (Å²) in [6.07, 6.45) is 8.63. The molecular weight excluding hydrogens is 893 g/mol. The molecule has 0 aliphatic carbocycles. The number of sulfone groups is 1. The van der Waals surface area contributed by atoms with Crippen LogP contribution in [0.5, 0.6) is 34.5 Å². The molecule has 0 N–H and O–H groups in total. The molecule has 18 nitrogen and oxygen atoms in total. The summed E-state index contributed by atoms with van der Waals surface area (Å²) in [6.45, 7) is -2.25. The number of ether oxygens (including phenoxy) is 10. The van der Waals surface area contributed by atoms with Crippen LogP contribution in [0.1, 0.15) is 0 Å². The highest BCUT2D eigenvalue weighted by molar-refractivity contribution is 7.91. The monoisotopic (exact) mass is 944 g/mol. The molecule has 0 aromatic heterocycles. The Balaban J connectivity index is 1.37. The lowest BCUT2D eigenvalue weighted by Gasteiger charge is -2.20. The minimum Gasteiger partial charge on any atom is -0.490 e. The quantitative estimate of drug-likeness (QED) is 0.0591. The first-order valence-corrected chi connectivity index (χ1v) is 21.9. The van der Waals surface area contributed by atoms with Gasteiger partial charge in [0.2, 0.25) is 21.7 Å². The van der Waals surface area contributed by atoms with Crippen molar-refractivity contribution >= 4 is 33.6 Å². The van der Waals surface area contributed by atoms with Gasteiger partial charge < -0.3 is 57.2 Å². The lowest BCUT2D eigenvalue weighted by Crippen LogP contribution is -2.33. The average Bonchev–Trinajstić information content (AvgIpc) is 3.32. The molecule has 0 saturated heterocycles. The molecule has 4 aromatic carbocycles. The van der Waals surface area contributed by atoms with Crippen molar-refractivity contribution < 1.29 is 75.0 Å². The Morgan fingerprint density at radius 2 is 0.821 bits per heavy atom. The Bertz CT molecular complexity index is 2260. The standard InChI is InChI=1S/C48H52N2O16S/c1-7-23-59-37-11-9-13-39(25-37)63-29-41(65-47(53)33-57-31-45(51)49(3)4)27-61-35-15-19-43(20-16-35)67(55,56)44-21-17-36(18-22-44)62-28-42(66-48(54)34-58-32-46(52)50(5)6)30-64-40-14-10-12-38(26-40)60-24-8-2/h1-2,9-22,25-26,41-42H,23-24,27-34H2,3-6H3. The van der Waals surface area contributed by atoms with Gasteiger partial charge in [0.25, 0.3) is 0 Å². The molecule has 4 aromatic rings. The molecule has 0 saturated carbocycles. The van der Waals surface area contributed by atoms with E-state index < -0.39 is 47.2 Å². The SMILES string of the molecule is C#CCOc1cccc(OCC(COc2ccc(S(=O)(=O)c3ccc(OCC(COc4cccc(OCC#C)c4)OC(=O)COCC(=O)N(C)C)cc3)cc2)OC(=O)COCC(=O)N(C)C)c1. The lowest BCUT2D eigenvalue weighted by atomic mass is 10.3. The lowest BCUT2D eigenvalue weighted by molar-refractivity contribution is -0.159. The minimum atomic E-state index is -4.02. The molecular formula is C48H52N2O16S. The Morgan fingerprint density at radius 3 is 1.15 bits per heavy atom. The highest BCUT2D eigenvalue weighted by atomic mass is 32.2. The van der Waals surface area contributed by atoms with E-state index in [1.54, 1.807) is 76.7 Å². The Kier molecular flexibility index (Phi) is 21.1. The normalized spacial score (nSPS) is 11.6.